The largest absolute Gasteiger partial charge is 0.469 e. The number of aromatic nitrogens is 2. The van der Waals surface area contributed by atoms with E-state index in [1.54, 1.807) is 24.3 Å². The first-order valence-electron chi connectivity index (χ1n) is 9.59. The molecule has 1 atom stereocenters. The molecule has 0 aliphatic heterocycles. The lowest BCUT2D eigenvalue weighted by molar-refractivity contribution is -0.141. The summed E-state index contributed by atoms with van der Waals surface area (Å²) in [5, 5.41) is 7.31. The van der Waals surface area contributed by atoms with Gasteiger partial charge < -0.3 is 10.1 Å². The van der Waals surface area contributed by atoms with E-state index in [0.29, 0.717) is 17.7 Å². The summed E-state index contributed by atoms with van der Waals surface area (Å²) in [6.45, 7) is 4.46. The van der Waals surface area contributed by atoms with Crippen LogP contribution in [0.3, 0.4) is 0 Å². The van der Waals surface area contributed by atoms with Crippen LogP contribution in [0.4, 0.5) is 4.39 Å². The molecular weight excluding hydrogens is 385 g/mol. The average Bonchev–Trinajstić information content (AvgIpc) is 3.04. The Morgan fingerprint density at radius 1 is 1.13 bits per heavy atom. The Morgan fingerprint density at radius 3 is 2.50 bits per heavy atom. The van der Waals surface area contributed by atoms with Crippen molar-refractivity contribution in [1.82, 2.24) is 15.1 Å². The lowest BCUT2D eigenvalue weighted by Gasteiger charge is -2.18. The third-order valence-corrected chi connectivity index (χ3v) is 4.80. The fraction of sp³-hybridized carbons (Fsp3) is 0.261. The van der Waals surface area contributed by atoms with Crippen molar-refractivity contribution in [2.75, 3.05) is 7.11 Å². The molecule has 3 aromatic rings. The lowest BCUT2D eigenvalue weighted by atomic mass is 10.0. The Morgan fingerprint density at radius 2 is 1.87 bits per heavy atom. The molecule has 0 fully saturated rings. The van der Waals surface area contributed by atoms with Crippen molar-refractivity contribution in [3.8, 4) is 0 Å². The van der Waals surface area contributed by atoms with Gasteiger partial charge in [0.2, 0.25) is 0 Å². The highest BCUT2D eigenvalue weighted by atomic mass is 19.1. The molecule has 156 valence electrons. The van der Waals surface area contributed by atoms with Gasteiger partial charge in [-0.1, -0.05) is 24.3 Å². The molecule has 1 N–H and O–H groups in total. The van der Waals surface area contributed by atoms with Crippen LogP contribution in [0.2, 0.25) is 0 Å². The highest BCUT2D eigenvalue weighted by Crippen LogP contribution is 2.19. The molecule has 0 aliphatic carbocycles. The predicted octanol–water partition coefficient (Wildman–Crippen LogP) is 3.72. The number of halogens is 1. The van der Waals surface area contributed by atoms with Gasteiger partial charge in [0.1, 0.15) is 5.82 Å². The van der Waals surface area contributed by atoms with Crippen molar-refractivity contribution < 1.29 is 18.7 Å². The lowest BCUT2D eigenvalue weighted by Crippen LogP contribution is -2.30. The summed E-state index contributed by atoms with van der Waals surface area (Å²) in [7, 11) is 1.29. The van der Waals surface area contributed by atoms with Crippen LogP contribution in [0, 0.1) is 19.7 Å². The summed E-state index contributed by atoms with van der Waals surface area (Å²) in [6.07, 6.45) is -0.0562. The molecule has 7 heteroatoms. The zero-order chi connectivity index (χ0) is 21.7. The van der Waals surface area contributed by atoms with E-state index in [1.807, 2.05) is 36.7 Å². The molecule has 1 heterocycles. The predicted molar refractivity (Wildman–Crippen MR) is 110 cm³/mol. The van der Waals surface area contributed by atoms with E-state index < -0.39 is 17.8 Å². The molecule has 1 amide bonds. The summed E-state index contributed by atoms with van der Waals surface area (Å²) in [6, 6.07) is 14.3. The van der Waals surface area contributed by atoms with Crippen molar-refractivity contribution in [2.24, 2.45) is 0 Å². The topological polar surface area (TPSA) is 73.2 Å². The van der Waals surface area contributed by atoms with Gasteiger partial charge in [-0.2, -0.15) is 5.10 Å². The number of hydrogen-bond donors (Lipinski definition) is 1. The highest BCUT2D eigenvalue weighted by molar-refractivity contribution is 5.94. The molecule has 0 aliphatic rings. The van der Waals surface area contributed by atoms with Gasteiger partial charge in [0.25, 0.3) is 5.91 Å². The van der Waals surface area contributed by atoms with E-state index >= 15 is 0 Å². The minimum atomic E-state index is -0.634. The first-order valence-corrected chi connectivity index (χ1v) is 9.59. The smallest absolute Gasteiger partial charge is 0.307 e. The maximum absolute atomic E-state index is 13.3. The number of nitrogens with zero attached hydrogens (tertiary/aromatic N) is 2. The number of ether oxygens (including phenoxy) is 1. The number of hydrogen-bond acceptors (Lipinski definition) is 4. The van der Waals surface area contributed by atoms with Crippen molar-refractivity contribution in [3.05, 3.63) is 88.5 Å². The van der Waals surface area contributed by atoms with E-state index in [1.165, 1.54) is 19.2 Å². The second kappa shape index (κ2) is 9.35. The molecule has 2 aromatic carbocycles. The number of carbonyl (C=O) groups excluding carboxylic acids is 2. The first-order chi connectivity index (χ1) is 14.4. The molecule has 0 saturated carbocycles. The van der Waals surface area contributed by atoms with Crippen molar-refractivity contribution in [1.29, 1.82) is 0 Å². The molecule has 0 bridgehead atoms. The highest BCUT2D eigenvalue weighted by Gasteiger charge is 2.20. The second-order valence-corrected chi connectivity index (χ2v) is 7.14. The average molecular weight is 409 g/mol. The van der Waals surface area contributed by atoms with Crippen LogP contribution in [-0.2, 0) is 16.1 Å². The standard InChI is InChI=1S/C23H24FN3O3/c1-15-11-16(2)27(26-15)14-17-5-4-6-19(12-17)23(29)25-21(13-22(28)30-3)18-7-9-20(24)10-8-18/h4-12,21H,13-14H2,1-3H3,(H,25,29). The maximum Gasteiger partial charge on any atom is 0.307 e. The van der Waals surface area contributed by atoms with Crippen LogP contribution >= 0.6 is 0 Å². The third-order valence-electron chi connectivity index (χ3n) is 4.80. The number of methoxy groups -OCH3 is 1. The monoisotopic (exact) mass is 409 g/mol. The number of nitrogens with one attached hydrogen (secondary N) is 1. The first kappa shape index (κ1) is 21.2. The number of benzene rings is 2. The maximum atomic E-state index is 13.3. The van der Waals surface area contributed by atoms with E-state index in [4.69, 9.17) is 4.74 Å². The summed E-state index contributed by atoms with van der Waals surface area (Å²) in [5.74, 6) is -1.19. The minimum Gasteiger partial charge on any atom is -0.469 e. The SMILES string of the molecule is COC(=O)CC(NC(=O)c1cccc(Cn2nc(C)cc2C)c1)c1ccc(F)cc1. The van der Waals surface area contributed by atoms with Gasteiger partial charge in [0.15, 0.2) is 0 Å². The number of esters is 1. The van der Waals surface area contributed by atoms with Crippen LogP contribution in [0.15, 0.2) is 54.6 Å². The Labute approximate surface area is 174 Å². The summed E-state index contributed by atoms with van der Waals surface area (Å²) in [5.41, 5.74) is 3.99. The third kappa shape index (κ3) is 5.31. The normalized spacial score (nSPS) is 11.7. The van der Waals surface area contributed by atoms with Gasteiger partial charge in [-0.15, -0.1) is 0 Å². The molecule has 0 saturated heterocycles. The number of amides is 1. The van der Waals surface area contributed by atoms with E-state index in [-0.39, 0.29) is 12.3 Å². The van der Waals surface area contributed by atoms with E-state index in [0.717, 1.165) is 17.0 Å². The molecule has 6 nitrogen and oxygen atoms in total. The number of carbonyl (C=O) groups is 2. The zero-order valence-electron chi connectivity index (χ0n) is 17.2. The van der Waals surface area contributed by atoms with Gasteiger partial charge in [0, 0.05) is 11.3 Å². The van der Waals surface area contributed by atoms with Crippen molar-refractivity contribution >= 4 is 11.9 Å². The molecular formula is C23H24FN3O3. The van der Waals surface area contributed by atoms with Gasteiger partial charge in [-0.3, -0.25) is 14.3 Å². The molecule has 1 unspecified atom stereocenters. The van der Waals surface area contributed by atoms with Crippen LogP contribution in [0.5, 0.6) is 0 Å². The molecule has 30 heavy (non-hydrogen) atoms. The Bertz CT molecular complexity index is 1040. The van der Waals surface area contributed by atoms with Crippen LogP contribution in [-0.4, -0.2) is 28.8 Å². The van der Waals surface area contributed by atoms with E-state index in [9.17, 15) is 14.0 Å². The van der Waals surface area contributed by atoms with Crippen LogP contribution in [0.1, 0.15) is 45.3 Å². The van der Waals surface area contributed by atoms with Gasteiger partial charge >= 0.3 is 5.97 Å². The number of aryl methyl sites for hydroxylation is 2. The van der Waals surface area contributed by atoms with Gasteiger partial charge in [-0.25, -0.2) is 4.39 Å². The Balaban J connectivity index is 1.78. The molecule has 0 radical (unpaired) electrons. The second-order valence-electron chi connectivity index (χ2n) is 7.14. The van der Waals surface area contributed by atoms with Gasteiger partial charge in [-0.05, 0) is 55.3 Å². The van der Waals surface area contributed by atoms with Gasteiger partial charge in [0.05, 0.1) is 31.8 Å². The van der Waals surface area contributed by atoms with Crippen molar-refractivity contribution in [3.63, 3.8) is 0 Å². The quantitative estimate of drug-likeness (QED) is 0.604. The molecule has 3 rings (SSSR count). The fourth-order valence-corrected chi connectivity index (χ4v) is 3.26. The molecule has 0 spiro atoms. The number of rotatable bonds is 7. The van der Waals surface area contributed by atoms with Crippen LogP contribution in [0.25, 0.3) is 0 Å². The molecule has 1 aromatic heterocycles. The summed E-state index contributed by atoms with van der Waals surface area (Å²) >= 11 is 0. The van der Waals surface area contributed by atoms with E-state index in [2.05, 4.69) is 10.4 Å². The summed E-state index contributed by atoms with van der Waals surface area (Å²) in [4.78, 5) is 24.7. The fourth-order valence-electron chi connectivity index (χ4n) is 3.26. The Hall–Kier alpha value is -3.48. The Kier molecular flexibility index (Phi) is 6.61. The minimum absolute atomic E-state index is 0.0562. The van der Waals surface area contributed by atoms with Crippen LogP contribution < -0.4 is 5.32 Å². The zero-order valence-corrected chi connectivity index (χ0v) is 17.2. The summed E-state index contributed by atoms with van der Waals surface area (Å²) < 4.78 is 19.9. The van der Waals surface area contributed by atoms with Crippen molar-refractivity contribution in [2.45, 2.75) is 32.9 Å².